The number of carbonyl (C=O) groups is 2. The minimum Gasteiger partial charge on any atom is -0.493 e. The number of nitrogens with one attached hydrogen (secondary N) is 2. The van der Waals surface area contributed by atoms with Crippen LogP contribution in [0.3, 0.4) is 0 Å². The van der Waals surface area contributed by atoms with E-state index < -0.39 is 23.7 Å². The predicted octanol–water partition coefficient (Wildman–Crippen LogP) is 5.72. The van der Waals surface area contributed by atoms with Gasteiger partial charge in [-0.1, -0.05) is 12.1 Å². The van der Waals surface area contributed by atoms with Crippen molar-refractivity contribution in [3.8, 4) is 17.2 Å². The fraction of sp³-hybridized carbons (Fsp3) is 0.481. The lowest BCUT2D eigenvalue weighted by atomic mass is 9.92. The summed E-state index contributed by atoms with van der Waals surface area (Å²) in [5.74, 6) is 0.474. The number of esters is 1. The van der Waals surface area contributed by atoms with Gasteiger partial charge in [-0.15, -0.1) is 0 Å². The second-order valence-corrected chi connectivity index (χ2v) is 9.28. The first kappa shape index (κ1) is 28.6. The van der Waals surface area contributed by atoms with Crippen LogP contribution in [0.1, 0.15) is 51.8 Å². The molecule has 0 aliphatic heterocycles. The van der Waals surface area contributed by atoms with E-state index in [0.29, 0.717) is 28.6 Å². The van der Waals surface area contributed by atoms with E-state index in [1.807, 2.05) is 25.1 Å². The third-order valence-electron chi connectivity index (χ3n) is 5.40. The van der Waals surface area contributed by atoms with Crippen LogP contribution >= 0.6 is 0 Å². The number of carbonyl (C=O) groups excluding carboxylic acids is 2. The molecule has 0 unspecified atom stereocenters. The maximum Gasteiger partial charge on any atom is 0.412 e. The van der Waals surface area contributed by atoms with Crippen molar-refractivity contribution in [1.82, 2.24) is 0 Å². The molecule has 1 amide bonds. The molecule has 0 heterocycles. The molecule has 0 aromatic heterocycles. The summed E-state index contributed by atoms with van der Waals surface area (Å²) >= 11 is 0. The number of hydrogen-bond donors (Lipinski definition) is 2. The van der Waals surface area contributed by atoms with Crippen LogP contribution in [-0.4, -0.2) is 45.6 Å². The van der Waals surface area contributed by atoms with Crippen LogP contribution in [0.4, 0.5) is 16.2 Å². The van der Waals surface area contributed by atoms with Gasteiger partial charge in [0.05, 0.1) is 39.9 Å². The van der Waals surface area contributed by atoms with Gasteiger partial charge in [-0.05, 0) is 58.7 Å². The van der Waals surface area contributed by atoms with E-state index in [-0.39, 0.29) is 12.6 Å². The minimum atomic E-state index is -0.634. The Morgan fingerprint density at radius 1 is 0.972 bits per heavy atom. The first-order valence-corrected chi connectivity index (χ1v) is 11.8. The van der Waals surface area contributed by atoms with Crippen LogP contribution in [0.2, 0.25) is 0 Å². The van der Waals surface area contributed by atoms with Crippen molar-refractivity contribution >= 4 is 23.4 Å². The lowest BCUT2D eigenvalue weighted by Gasteiger charge is -2.27. The summed E-state index contributed by atoms with van der Waals surface area (Å²) in [4.78, 5) is 25.2. The third kappa shape index (κ3) is 7.44. The van der Waals surface area contributed by atoms with Crippen molar-refractivity contribution in [2.45, 2.75) is 53.2 Å². The van der Waals surface area contributed by atoms with E-state index in [4.69, 9.17) is 23.7 Å². The molecule has 2 N–H and O–H groups in total. The first-order valence-electron chi connectivity index (χ1n) is 11.8. The molecule has 2 aromatic carbocycles. The summed E-state index contributed by atoms with van der Waals surface area (Å²) in [6, 6.07) is 8.63. The Kier molecular flexibility index (Phi) is 9.84. The van der Waals surface area contributed by atoms with Crippen molar-refractivity contribution < 1.29 is 33.3 Å². The minimum absolute atomic E-state index is 0.263. The average molecular weight is 503 g/mol. The molecular weight excluding hydrogens is 464 g/mol. The Balaban J connectivity index is 2.51. The molecule has 0 bridgehead atoms. The van der Waals surface area contributed by atoms with Gasteiger partial charge in [0.25, 0.3) is 0 Å². The molecule has 0 aliphatic rings. The number of rotatable bonds is 10. The third-order valence-corrected chi connectivity index (χ3v) is 5.40. The molecule has 2 rings (SSSR count). The Labute approximate surface area is 213 Å². The summed E-state index contributed by atoms with van der Waals surface area (Å²) in [5, 5.41) is 6.22. The molecule has 36 heavy (non-hydrogen) atoms. The lowest BCUT2D eigenvalue weighted by molar-refractivity contribution is -0.147. The van der Waals surface area contributed by atoms with E-state index in [9.17, 15) is 9.59 Å². The van der Waals surface area contributed by atoms with Gasteiger partial charge in [0.1, 0.15) is 5.60 Å². The highest BCUT2D eigenvalue weighted by Gasteiger charge is 2.28. The van der Waals surface area contributed by atoms with Crippen molar-refractivity contribution in [1.29, 1.82) is 0 Å². The van der Waals surface area contributed by atoms with Crippen molar-refractivity contribution in [3.05, 3.63) is 41.5 Å². The molecule has 198 valence electrons. The molecule has 2 atom stereocenters. The zero-order chi connectivity index (χ0) is 27.0. The Morgan fingerprint density at radius 2 is 1.58 bits per heavy atom. The second-order valence-electron chi connectivity index (χ2n) is 9.28. The summed E-state index contributed by atoms with van der Waals surface area (Å²) in [5.41, 5.74) is 2.20. The SMILES string of the molecule is CCOC(=O)[C@@H](C)[C@@H](Nc1cc(OC)c(OC)c(OC)c1)c1ccc(C)c(NC(=O)OC(C)(C)C)c1. The van der Waals surface area contributed by atoms with Gasteiger partial charge in [0, 0.05) is 23.5 Å². The molecule has 9 heteroatoms. The van der Waals surface area contributed by atoms with Crippen LogP contribution in [-0.2, 0) is 14.3 Å². The maximum absolute atomic E-state index is 12.8. The van der Waals surface area contributed by atoms with Crippen molar-refractivity contribution in [3.63, 3.8) is 0 Å². The molecule has 2 aromatic rings. The van der Waals surface area contributed by atoms with Crippen LogP contribution in [0.25, 0.3) is 0 Å². The van der Waals surface area contributed by atoms with Gasteiger partial charge in [-0.3, -0.25) is 10.1 Å². The van der Waals surface area contributed by atoms with Gasteiger partial charge in [0.15, 0.2) is 11.5 Å². The number of ether oxygens (including phenoxy) is 5. The Bertz CT molecular complexity index is 1040. The van der Waals surface area contributed by atoms with Gasteiger partial charge < -0.3 is 29.0 Å². The number of anilines is 2. The fourth-order valence-electron chi connectivity index (χ4n) is 3.63. The lowest BCUT2D eigenvalue weighted by Crippen LogP contribution is -2.28. The number of amides is 1. The van der Waals surface area contributed by atoms with E-state index in [1.165, 1.54) is 21.3 Å². The zero-order valence-corrected chi connectivity index (χ0v) is 22.6. The van der Waals surface area contributed by atoms with Crippen LogP contribution < -0.4 is 24.8 Å². The van der Waals surface area contributed by atoms with Gasteiger partial charge in [-0.2, -0.15) is 0 Å². The predicted molar refractivity (Wildman–Crippen MR) is 139 cm³/mol. The average Bonchev–Trinajstić information content (AvgIpc) is 2.81. The summed E-state index contributed by atoms with van der Waals surface area (Å²) < 4.78 is 27.1. The normalized spacial score (nSPS) is 12.7. The monoisotopic (exact) mass is 502 g/mol. The second kappa shape index (κ2) is 12.4. The molecule has 0 saturated heterocycles. The Morgan fingerprint density at radius 3 is 2.08 bits per heavy atom. The molecule has 9 nitrogen and oxygen atoms in total. The zero-order valence-electron chi connectivity index (χ0n) is 22.6. The van der Waals surface area contributed by atoms with Crippen LogP contribution in [0, 0.1) is 12.8 Å². The fourth-order valence-corrected chi connectivity index (χ4v) is 3.63. The number of aryl methyl sites for hydroxylation is 1. The van der Waals surface area contributed by atoms with Gasteiger partial charge >= 0.3 is 12.1 Å². The van der Waals surface area contributed by atoms with Gasteiger partial charge in [0.2, 0.25) is 5.75 Å². The highest BCUT2D eigenvalue weighted by Crippen LogP contribution is 2.41. The number of methoxy groups -OCH3 is 3. The first-order chi connectivity index (χ1) is 16.9. The van der Waals surface area contributed by atoms with Crippen LogP contribution in [0.15, 0.2) is 30.3 Å². The topological polar surface area (TPSA) is 104 Å². The maximum atomic E-state index is 12.8. The summed E-state index contributed by atoms with van der Waals surface area (Å²) in [6.45, 7) is 11.1. The highest BCUT2D eigenvalue weighted by molar-refractivity contribution is 5.86. The van der Waals surface area contributed by atoms with E-state index in [1.54, 1.807) is 46.8 Å². The summed E-state index contributed by atoms with van der Waals surface area (Å²) in [7, 11) is 4.60. The van der Waals surface area contributed by atoms with E-state index >= 15 is 0 Å². The van der Waals surface area contributed by atoms with Gasteiger partial charge in [-0.25, -0.2) is 4.79 Å². The molecular formula is C27H38N2O7. The van der Waals surface area contributed by atoms with Crippen molar-refractivity contribution in [2.75, 3.05) is 38.6 Å². The smallest absolute Gasteiger partial charge is 0.412 e. The number of benzene rings is 2. The van der Waals surface area contributed by atoms with Crippen molar-refractivity contribution in [2.24, 2.45) is 5.92 Å². The van der Waals surface area contributed by atoms with E-state index in [0.717, 1.165) is 11.1 Å². The summed E-state index contributed by atoms with van der Waals surface area (Å²) in [6.07, 6.45) is -0.560. The number of hydrogen-bond acceptors (Lipinski definition) is 8. The quantitative estimate of drug-likeness (QED) is 0.398. The van der Waals surface area contributed by atoms with E-state index in [2.05, 4.69) is 10.6 Å². The highest BCUT2D eigenvalue weighted by atomic mass is 16.6. The van der Waals surface area contributed by atoms with Crippen LogP contribution in [0.5, 0.6) is 17.2 Å². The standard InChI is InChI=1S/C27H38N2O7/c1-10-35-25(30)17(3)23(28-19-14-21(32-7)24(34-9)22(15-19)33-8)18-12-11-16(2)20(13-18)29-26(31)36-27(4,5)6/h11-15,17,23,28H,10H2,1-9H3,(H,29,31)/t17-,23+/m0/s1. The Hall–Kier alpha value is -3.62. The largest absolute Gasteiger partial charge is 0.493 e. The molecule has 0 aliphatic carbocycles. The molecule has 0 spiro atoms. The molecule has 0 saturated carbocycles. The molecule has 0 radical (unpaired) electrons. The molecule has 0 fully saturated rings.